The SMILES string of the molecule is COC(=O)C1CCC(C)(C)N1N=Cc1cccc(F)c1. The molecule has 20 heavy (non-hydrogen) atoms. The van der Waals surface area contributed by atoms with Crippen molar-refractivity contribution in [1.82, 2.24) is 5.01 Å². The van der Waals surface area contributed by atoms with E-state index < -0.39 is 0 Å². The maximum Gasteiger partial charge on any atom is 0.330 e. The summed E-state index contributed by atoms with van der Waals surface area (Å²) in [7, 11) is 1.38. The zero-order valence-corrected chi connectivity index (χ0v) is 12.0. The molecule has 1 aromatic rings. The molecule has 1 aromatic carbocycles. The summed E-state index contributed by atoms with van der Waals surface area (Å²) >= 11 is 0. The summed E-state index contributed by atoms with van der Waals surface area (Å²) in [5, 5.41) is 6.13. The van der Waals surface area contributed by atoms with E-state index in [1.807, 2.05) is 13.8 Å². The van der Waals surface area contributed by atoms with E-state index >= 15 is 0 Å². The van der Waals surface area contributed by atoms with Gasteiger partial charge in [-0.25, -0.2) is 9.18 Å². The van der Waals surface area contributed by atoms with Crippen LogP contribution in [0.3, 0.4) is 0 Å². The van der Waals surface area contributed by atoms with Crippen molar-refractivity contribution in [3.63, 3.8) is 0 Å². The van der Waals surface area contributed by atoms with Crippen LogP contribution in [-0.2, 0) is 9.53 Å². The molecule has 0 saturated carbocycles. The zero-order valence-electron chi connectivity index (χ0n) is 12.0. The Morgan fingerprint density at radius 1 is 1.55 bits per heavy atom. The van der Waals surface area contributed by atoms with Crippen LogP contribution >= 0.6 is 0 Å². The van der Waals surface area contributed by atoms with Crippen LogP contribution in [0.1, 0.15) is 32.3 Å². The normalized spacial score (nSPS) is 21.4. The summed E-state index contributed by atoms with van der Waals surface area (Å²) in [4.78, 5) is 11.8. The lowest BCUT2D eigenvalue weighted by Gasteiger charge is -2.31. The third-order valence-electron chi connectivity index (χ3n) is 3.60. The molecule has 0 radical (unpaired) electrons. The molecular formula is C15H19FN2O2. The van der Waals surface area contributed by atoms with E-state index in [0.717, 1.165) is 6.42 Å². The molecule has 2 rings (SSSR count). The molecule has 1 aliphatic heterocycles. The minimum atomic E-state index is -0.375. The van der Waals surface area contributed by atoms with Crippen molar-refractivity contribution < 1.29 is 13.9 Å². The molecule has 1 saturated heterocycles. The molecule has 5 heteroatoms. The van der Waals surface area contributed by atoms with E-state index in [1.54, 1.807) is 23.4 Å². The standard InChI is InChI=1S/C15H19FN2O2/c1-15(2)8-7-13(14(19)20-3)18(15)17-10-11-5-4-6-12(16)9-11/h4-6,9-10,13H,7-8H2,1-3H3. The number of benzene rings is 1. The van der Waals surface area contributed by atoms with Gasteiger partial charge in [0.1, 0.15) is 11.9 Å². The van der Waals surface area contributed by atoms with Crippen molar-refractivity contribution in [1.29, 1.82) is 0 Å². The first-order chi connectivity index (χ1) is 9.44. The summed E-state index contributed by atoms with van der Waals surface area (Å²) in [5.41, 5.74) is 0.444. The molecule has 1 fully saturated rings. The number of nitrogens with zero attached hydrogens (tertiary/aromatic N) is 2. The van der Waals surface area contributed by atoms with Crippen LogP contribution in [-0.4, -0.2) is 35.9 Å². The van der Waals surface area contributed by atoms with Crippen LogP contribution in [0.15, 0.2) is 29.4 Å². The second-order valence-electron chi connectivity index (χ2n) is 5.53. The molecule has 1 unspecified atom stereocenters. The topological polar surface area (TPSA) is 41.9 Å². The lowest BCUT2D eigenvalue weighted by molar-refractivity contribution is -0.147. The number of methoxy groups -OCH3 is 1. The van der Waals surface area contributed by atoms with Crippen LogP contribution in [0, 0.1) is 5.82 Å². The summed E-state index contributed by atoms with van der Waals surface area (Å²) in [6.45, 7) is 4.05. The summed E-state index contributed by atoms with van der Waals surface area (Å²) in [5.74, 6) is -0.592. The third-order valence-corrected chi connectivity index (χ3v) is 3.60. The highest BCUT2D eigenvalue weighted by Crippen LogP contribution is 2.34. The fourth-order valence-corrected chi connectivity index (χ4v) is 2.45. The van der Waals surface area contributed by atoms with Gasteiger partial charge < -0.3 is 4.74 Å². The number of esters is 1. The van der Waals surface area contributed by atoms with Crippen LogP contribution in [0.5, 0.6) is 0 Å². The smallest absolute Gasteiger partial charge is 0.330 e. The van der Waals surface area contributed by atoms with Crippen molar-refractivity contribution in [3.8, 4) is 0 Å². The molecule has 0 aliphatic carbocycles. The second kappa shape index (κ2) is 5.61. The van der Waals surface area contributed by atoms with E-state index in [1.165, 1.54) is 19.2 Å². The number of ether oxygens (including phenoxy) is 1. The molecule has 1 atom stereocenters. The lowest BCUT2D eigenvalue weighted by Crippen LogP contribution is -2.43. The van der Waals surface area contributed by atoms with Gasteiger partial charge in [0.05, 0.1) is 18.9 Å². The number of hydrazone groups is 1. The van der Waals surface area contributed by atoms with Gasteiger partial charge in [-0.15, -0.1) is 0 Å². The Morgan fingerprint density at radius 3 is 2.95 bits per heavy atom. The Hall–Kier alpha value is -1.91. The van der Waals surface area contributed by atoms with E-state index in [9.17, 15) is 9.18 Å². The van der Waals surface area contributed by atoms with E-state index in [0.29, 0.717) is 12.0 Å². The minimum absolute atomic E-state index is 0.220. The van der Waals surface area contributed by atoms with Crippen LogP contribution in [0.4, 0.5) is 4.39 Å². The van der Waals surface area contributed by atoms with E-state index in [-0.39, 0.29) is 23.4 Å². The van der Waals surface area contributed by atoms with Crippen molar-refractivity contribution >= 4 is 12.2 Å². The fourth-order valence-electron chi connectivity index (χ4n) is 2.45. The Balaban J connectivity index is 2.21. The number of carbonyl (C=O) groups excluding carboxylic acids is 1. The predicted octanol–water partition coefficient (Wildman–Crippen LogP) is 2.58. The van der Waals surface area contributed by atoms with Gasteiger partial charge in [0, 0.05) is 0 Å². The molecule has 4 nitrogen and oxygen atoms in total. The van der Waals surface area contributed by atoms with E-state index in [2.05, 4.69) is 5.10 Å². The monoisotopic (exact) mass is 278 g/mol. The molecule has 0 aromatic heterocycles. The molecule has 1 heterocycles. The zero-order chi connectivity index (χ0) is 14.8. The van der Waals surface area contributed by atoms with Crippen LogP contribution in [0.2, 0.25) is 0 Å². The highest BCUT2D eigenvalue weighted by molar-refractivity contribution is 5.80. The number of halogens is 1. The molecule has 0 spiro atoms. The first kappa shape index (κ1) is 14.5. The van der Waals surface area contributed by atoms with Gasteiger partial charge >= 0.3 is 5.97 Å². The van der Waals surface area contributed by atoms with Gasteiger partial charge in [0.2, 0.25) is 0 Å². The van der Waals surface area contributed by atoms with E-state index in [4.69, 9.17) is 4.74 Å². The molecule has 0 N–H and O–H groups in total. The van der Waals surface area contributed by atoms with Gasteiger partial charge in [-0.3, -0.25) is 5.01 Å². The van der Waals surface area contributed by atoms with Crippen molar-refractivity contribution in [3.05, 3.63) is 35.6 Å². The Morgan fingerprint density at radius 2 is 2.30 bits per heavy atom. The molecule has 0 amide bonds. The number of hydrogen-bond acceptors (Lipinski definition) is 4. The molecule has 1 aliphatic rings. The van der Waals surface area contributed by atoms with Gasteiger partial charge in [-0.1, -0.05) is 12.1 Å². The van der Waals surface area contributed by atoms with Crippen molar-refractivity contribution in [2.75, 3.05) is 7.11 Å². The average Bonchev–Trinajstić information content (AvgIpc) is 2.71. The van der Waals surface area contributed by atoms with Gasteiger partial charge in [-0.05, 0) is 44.4 Å². The van der Waals surface area contributed by atoms with Crippen molar-refractivity contribution in [2.45, 2.75) is 38.3 Å². The third kappa shape index (κ3) is 2.98. The second-order valence-corrected chi connectivity index (χ2v) is 5.53. The quantitative estimate of drug-likeness (QED) is 0.630. The van der Waals surface area contributed by atoms with Gasteiger partial charge in [0.25, 0.3) is 0 Å². The maximum atomic E-state index is 13.1. The van der Waals surface area contributed by atoms with Gasteiger partial charge in [-0.2, -0.15) is 5.10 Å². The maximum absolute atomic E-state index is 13.1. The van der Waals surface area contributed by atoms with Crippen molar-refractivity contribution in [2.24, 2.45) is 5.10 Å². The number of hydrogen-bond donors (Lipinski definition) is 0. The molecule has 108 valence electrons. The largest absolute Gasteiger partial charge is 0.467 e. The van der Waals surface area contributed by atoms with Crippen LogP contribution in [0.25, 0.3) is 0 Å². The highest BCUT2D eigenvalue weighted by Gasteiger charge is 2.43. The summed E-state index contributed by atoms with van der Waals surface area (Å²) in [6.07, 6.45) is 3.14. The fraction of sp³-hybridized carbons (Fsp3) is 0.467. The van der Waals surface area contributed by atoms with Gasteiger partial charge in [0.15, 0.2) is 0 Å². The minimum Gasteiger partial charge on any atom is -0.467 e. The predicted molar refractivity (Wildman–Crippen MR) is 75.0 cm³/mol. The Bertz CT molecular complexity index is 528. The Kier molecular flexibility index (Phi) is 4.06. The molecule has 0 bridgehead atoms. The Labute approximate surface area is 118 Å². The average molecular weight is 278 g/mol. The number of carbonyl (C=O) groups is 1. The summed E-state index contributed by atoms with van der Waals surface area (Å²) < 4.78 is 17.9. The summed E-state index contributed by atoms with van der Waals surface area (Å²) in [6, 6.07) is 5.81. The lowest BCUT2D eigenvalue weighted by atomic mass is 10.0. The number of rotatable bonds is 3. The first-order valence-electron chi connectivity index (χ1n) is 6.61. The first-order valence-corrected chi connectivity index (χ1v) is 6.61. The molecular weight excluding hydrogens is 259 g/mol. The highest BCUT2D eigenvalue weighted by atomic mass is 19.1. The van der Waals surface area contributed by atoms with Crippen LogP contribution < -0.4 is 0 Å².